The van der Waals surface area contributed by atoms with Crippen molar-refractivity contribution >= 4 is 17.5 Å². The molecule has 0 saturated heterocycles. The third-order valence-corrected chi connectivity index (χ3v) is 9.25. The van der Waals surface area contributed by atoms with Gasteiger partial charge in [0.05, 0.1) is 19.1 Å². The van der Waals surface area contributed by atoms with Crippen molar-refractivity contribution in [2.45, 2.75) is 57.5 Å². The number of allylic oxidation sites excluding steroid dienone is 4. The van der Waals surface area contributed by atoms with Crippen LogP contribution in [0.2, 0.25) is 0 Å². The van der Waals surface area contributed by atoms with Crippen LogP contribution < -0.4 is 0 Å². The quantitative estimate of drug-likeness (QED) is 0.467. The number of rotatable bonds is 5. The molecule has 0 amide bonds. The third-order valence-electron chi connectivity index (χ3n) is 9.25. The number of Topliss-reactive ketones (excluding diaryl/α,β-unsaturated/α-hetero) is 1. The van der Waals surface area contributed by atoms with Gasteiger partial charge in [0.2, 0.25) is 12.1 Å². The summed E-state index contributed by atoms with van der Waals surface area (Å²) in [6.07, 6.45) is 4.69. The molecule has 8 heteroatoms. The van der Waals surface area contributed by atoms with E-state index in [4.69, 9.17) is 14.2 Å². The topological polar surface area (TPSA) is 119 Å². The summed E-state index contributed by atoms with van der Waals surface area (Å²) in [5, 5.41) is 23.5. The van der Waals surface area contributed by atoms with Crippen LogP contribution in [0, 0.1) is 34.5 Å². The first-order valence-corrected chi connectivity index (χ1v) is 11.5. The summed E-state index contributed by atoms with van der Waals surface area (Å²) in [5.74, 6) is -3.02. The molecule has 0 aromatic heterocycles. The Morgan fingerprint density at radius 2 is 1.85 bits per heavy atom. The maximum Gasteiger partial charge on any atom is 0.312 e. The SMILES string of the molecule is COC(=O)[C@@H]1C[C@H]2[C@@H]3CCC4=CC(=O)C=C[C@]4(C)[C@H]3C(O)C[C@]2(C)[C@@]1(O)C(=O)C(OC)OC. The predicted octanol–water partition coefficient (Wildman–Crippen LogP) is 1.58. The van der Waals surface area contributed by atoms with E-state index in [9.17, 15) is 24.6 Å². The smallest absolute Gasteiger partial charge is 0.312 e. The second-order valence-corrected chi connectivity index (χ2v) is 10.5. The molecule has 0 heterocycles. The molecule has 2 N–H and O–H groups in total. The molecule has 0 aromatic carbocycles. The van der Waals surface area contributed by atoms with Gasteiger partial charge in [-0.3, -0.25) is 14.4 Å². The molecule has 1 unspecified atom stereocenters. The minimum absolute atomic E-state index is 0.0483. The van der Waals surface area contributed by atoms with E-state index in [0.717, 1.165) is 5.57 Å². The lowest BCUT2D eigenvalue weighted by Gasteiger charge is -2.59. The van der Waals surface area contributed by atoms with E-state index in [2.05, 4.69) is 0 Å². The summed E-state index contributed by atoms with van der Waals surface area (Å²) >= 11 is 0. The predicted molar refractivity (Wildman–Crippen MR) is 117 cm³/mol. The van der Waals surface area contributed by atoms with Crippen LogP contribution in [0.4, 0.5) is 0 Å². The van der Waals surface area contributed by atoms with Gasteiger partial charge >= 0.3 is 5.97 Å². The average molecular weight is 463 g/mol. The van der Waals surface area contributed by atoms with Crippen LogP contribution in [0.5, 0.6) is 0 Å². The molecule has 4 aliphatic carbocycles. The lowest BCUT2D eigenvalue weighted by molar-refractivity contribution is -0.209. The summed E-state index contributed by atoms with van der Waals surface area (Å²) in [7, 11) is 3.84. The lowest BCUT2D eigenvalue weighted by Crippen LogP contribution is -2.65. The van der Waals surface area contributed by atoms with Crippen LogP contribution in [-0.4, -0.2) is 67.1 Å². The Morgan fingerprint density at radius 3 is 2.45 bits per heavy atom. The fraction of sp³-hybridized carbons (Fsp3) is 0.720. The number of ether oxygens (including phenoxy) is 3. The zero-order chi connectivity index (χ0) is 24.3. The molecular weight excluding hydrogens is 428 g/mol. The molecule has 0 bridgehead atoms. The number of aliphatic hydroxyl groups excluding tert-OH is 1. The van der Waals surface area contributed by atoms with E-state index in [1.54, 1.807) is 19.1 Å². The highest BCUT2D eigenvalue weighted by Crippen LogP contribution is 2.68. The maximum atomic E-state index is 13.6. The van der Waals surface area contributed by atoms with Crippen molar-refractivity contribution in [1.82, 2.24) is 0 Å². The molecule has 4 aliphatic rings. The average Bonchev–Trinajstić information content (AvgIpc) is 3.02. The van der Waals surface area contributed by atoms with E-state index in [-0.39, 0.29) is 36.4 Å². The van der Waals surface area contributed by atoms with Gasteiger partial charge < -0.3 is 24.4 Å². The number of aliphatic hydroxyl groups is 2. The highest BCUT2D eigenvalue weighted by Gasteiger charge is 2.74. The first-order valence-electron chi connectivity index (χ1n) is 11.5. The summed E-state index contributed by atoms with van der Waals surface area (Å²) in [6, 6.07) is 0. The molecule has 0 spiro atoms. The Balaban J connectivity index is 1.81. The molecular formula is C25H34O8. The molecule has 0 aromatic rings. The molecule has 4 rings (SSSR count). The van der Waals surface area contributed by atoms with Crippen LogP contribution in [0.15, 0.2) is 23.8 Å². The lowest BCUT2D eigenvalue weighted by atomic mass is 9.46. The van der Waals surface area contributed by atoms with Gasteiger partial charge in [0.15, 0.2) is 5.78 Å². The van der Waals surface area contributed by atoms with Gasteiger partial charge in [-0.05, 0) is 49.7 Å². The molecule has 3 fully saturated rings. The van der Waals surface area contributed by atoms with Gasteiger partial charge in [-0.15, -0.1) is 0 Å². The highest BCUT2D eigenvalue weighted by atomic mass is 16.7. The third kappa shape index (κ3) is 3.14. The summed E-state index contributed by atoms with van der Waals surface area (Å²) < 4.78 is 15.3. The number of esters is 1. The first-order chi connectivity index (χ1) is 15.5. The van der Waals surface area contributed by atoms with Crippen LogP contribution in [0.25, 0.3) is 0 Å². The molecule has 0 aliphatic heterocycles. The Hall–Kier alpha value is -1.87. The second kappa shape index (κ2) is 8.12. The monoisotopic (exact) mass is 462 g/mol. The Morgan fingerprint density at radius 1 is 1.18 bits per heavy atom. The van der Waals surface area contributed by atoms with Crippen LogP contribution >= 0.6 is 0 Å². The summed E-state index contributed by atoms with van der Waals surface area (Å²) in [4.78, 5) is 38.4. The first kappa shape index (κ1) is 24.3. The zero-order valence-corrected chi connectivity index (χ0v) is 19.9. The minimum atomic E-state index is -2.12. The van der Waals surface area contributed by atoms with Crippen LogP contribution in [0.1, 0.15) is 39.5 Å². The van der Waals surface area contributed by atoms with Gasteiger partial charge in [0.1, 0.15) is 5.60 Å². The highest BCUT2D eigenvalue weighted by molar-refractivity contribution is 6.01. The van der Waals surface area contributed by atoms with Gasteiger partial charge in [-0.1, -0.05) is 25.5 Å². The van der Waals surface area contributed by atoms with Crippen molar-refractivity contribution in [3.05, 3.63) is 23.8 Å². The second-order valence-electron chi connectivity index (χ2n) is 10.5. The number of hydrogen-bond acceptors (Lipinski definition) is 8. The molecule has 8 nitrogen and oxygen atoms in total. The van der Waals surface area contributed by atoms with Crippen molar-refractivity contribution in [1.29, 1.82) is 0 Å². The van der Waals surface area contributed by atoms with Crippen molar-refractivity contribution in [3.63, 3.8) is 0 Å². The van der Waals surface area contributed by atoms with Gasteiger partial charge in [-0.2, -0.15) is 0 Å². The van der Waals surface area contributed by atoms with Crippen molar-refractivity contribution in [2.75, 3.05) is 21.3 Å². The van der Waals surface area contributed by atoms with Gasteiger partial charge in [0.25, 0.3) is 0 Å². The molecule has 3 saturated carbocycles. The standard InChI is InChI=1S/C25H34O8/c1-23-9-8-14(26)10-13(23)6-7-15-16-11-17(21(29)31-3)25(30,20(28)22(32-4)33-5)24(16,2)12-18(27)19(15)23/h8-10,15-19,22,27,30H,6-7,11-12H2,1-5H3/t15-,16-,17-,18?,19+,23-,24-,25-/m0/s1. The molecule has 33 heavy (non-hydrogen) atoms. The summed E-state index contributed by atoms with van der Waals surface area (Å²) in [5.41, 5.74) is -2.70. The van der Waals surface area contributed by atoms with Crippen LogP contribution in [-0.2, 0) is 28.6 Å². The largest absolute Gasteiger partial charge is 0.469 e. The number of hydrogen-bond donors (Lipinski definition) is 2. The molecule has 182 valence electrons. The fourth-order valence-corrected chi connectivity index (χ4v) is 7.72. The number of carbonyl (C=O) groups is 3. The fourth-order valence-electron chi connectivity index (χ4n) is 7.72. The van der Waals surface area contributed by atoms with Crippen molar-refractivity contribution in [2.24, 2.45) is 34.5 Å². The van der Waals surface area contributed by atoms with E-state index >= 15 is 0 Å². The number of carbonyl (C=O) groups excluding carboxylic acids is 3. The molecule has 0 radical (unpaired) electrons. The summed E-state index contributed by atoms with van der Waals surface area (Å²) in [6.45, 7) is 3.83. The molecule has 8 atom stereocenters. The normalized spacial score (nSPS) is 44.1. The Labute approximate surface area is 194 Å². The zero-order valence-electron chi connectivity index (χ0n) is 19.9. The van der Waals surface area contributed by atoms with Crippen molar-refractivity contribution < 1.29 is 38.8 Å². The number of fused-ring (bicyclic) bond motifs is 5. The van der Waals surface area contributed by atoms with E-state index in [1.165, 1.54) is 21.3 Å². The Bertz CT molecular complexity index is 919. The Kier molecular flexibility index (Phi) is 5.97. The number of ketones is 2. The van der Waals surface area contributed by atoms with Gasteiger partial charge in [-0.25, -0.2) is 0 Å². The minimum Gasteiger partial charge on any atom is -0.469 e. The van der Waals surface area contributed by atoms with Crippen LogP contribution in [0.3, 0.4) is 0 Å². The van der Waals surface area contributed by atoms with E-state index in [1.807, 2.05) is 13.0 Å². The van der Waals surface area contributed by atoms with E-state index < -0.39 is 46.5 Å². The van der Waals surface area contributed by atoms with Crippen molar-refractivity contribution in [3.8, 4) is 0 Å². The van der Waals surface area contributed by atoms with Gasteiger partial charge in [0, 0.05) is 31.0 Å². The number of methoxy groups -OCH3 is 3. The maximum absolute atomic E-state index is 13.6. The van der Waals surface area contributed by atoms with E-state index in [0.29, 0.717) is 12.8 Å².